The van der Waals surface area contributed by atoms with Crippen molar-refractivity contribution in [3.63, 3.8) is 0 Å². The largest absolute Gasteiger partial charge is 0.238 e. The lowest BCUT2D eigenvalue weighted by Crippen LogP contribution is -1.77. The fourth-order valence-corrected chi connectivity index (χ4v) is 2.15. The van der Waals surface area contributed by atoms with Crippen LogP contribution in [0.25, 0.3) is 15.6 Å². The van der Waals surface area contributed by atoms with Gasteiger partial charge in [0.25, 0.3) is 0 Å². The first kappa shape index (κ1) is 9.94. The zero-order valence-electron chi connectivity index (χ0n) is 7.09. The Labute approximate surface area is 104 Å². The molecule has 0 fully saturated rings. The molecule has 0 heterocycles. The van der Waals surface area contributed by atoms with Gasteiger partial charge in [-0.2, -0.15) is 0 Å². The van der Waals surface area contributed by atoms with Crippen LogP contribution in [0.3, 0.4) is 0 Å². The van der Waals surface area contributed by atoms with Crippen LogP contribution in [0.2, 0.25) is 0 Å². The molecule has 0 unspecified atom stereocenters. The second kappa shape index (κ2) is 3.87. The summed E-state index contributed by atoms with van der Waals surface area (Å²) < 4.78 is 2.26. The van der Waals surface area contributed by atoms with Crippen LogP contribution in [0, 0.1) is 10.1 Å². The summed E-state index contributed by atoms with van der Waals surface area (Å²) in [6, 6.07) is 9.88. The Morgan fingerprint density at radius 3 is 2.64 bits per heavy atom. The van der Waals surface area contributed by atoms with Crippen LogP contribution in [-0.2, 0) is 0 Å². The molecule has 2 aromatic rings. The van der Waals surface area contributed by atoms with Gasteiger partial charge in [-0.1, -0.05) is 12.1 Å². The summed E-state index contributed by atoms with van der Waals surface area (Å²) in [5.74, 6) is 0. The quantitative estimate of drug-likeness (QED) is 0.473. The van der Waals surface area contributed by atoms with Crippen LogP contribution in [0.1, 0.15) is 0 Å². The van der Waals surface area contributed by atoms with E-state index < -0.39 is 0 Å². The molecule has 0 amide bonds. The molecule has 0 aliphatic heterocycles. The summed E-state index contributed by atoms with van der Waals surface area (Å²) >= 11 is 5.76. The third-order valence-corrected chi connectivity index (χ3v) is 4.28. The molecule has 0 spiro atoms. The predicted molar refractivity (Wildman–Crippen MR) is 70.6 cm³/mol. The topological polar surface area (TPSA) is 4.36 Å². The summed E-state index contributed by atoms with van der Waals surface area (Å²) in [6.45, 7) is 6.93. The second-order valence-corrected chi connectivity index (χ2v) is 4.93. The first-order valence-corrected chi connectivity index (χ1v) is 5.84. The number of hydrogen-bond donors (Lipinski definition) is 0. The van der Waals surface area contributed by atoms with Crippen molar-refractivity contribution in [1.29, 1.82) is 0 Å². The standard InChI is InChI=1S/C11H5BrIN/c1-14-9-3-2-7-5-10(12)11(13)6-8(7)4-9/h2-6H. The van der Waals surface area contributed by atoms with Gasteiger partial charge < -0.3 is 0 Å². The Balaban J connectivity index is 2.78. The van der Waals surface area contributed by atoms with Crippen LogP contribution in [0.4, 0.5) is 5.69 Å². The fraction of sp³-hybridized carbons (Fsp3) is 0. The maximum Gasteiger partial charge on any atom is 0.187 e. The molecule has 0 saturated carbocycles. The highest BCUT2D eigenvalue weighted by molar-refractivity contribution is 14.1. The van der Waals surface area contributed by atoms with Gasteiger partial charge in [0.1, 0.15) is 0 Å². The number of benzene rings is 2. The molecular formula is C11H5BrIN. The molecule has 0 radical (unpaired) electrons. The number of halogens is 2. The molecule has 1 nitrogen and oxygen atoms in total. The smallest absolute Gasteiger partial charge is 0.187 e. The van der Waals surface area contributed by atoms with E-state index in [0.717, 1.165) is 18.8 Å². The first-order chi connectivity index (χ1) is 6.70. The van der Waals surface area contributed by atoms with Gasteiger partial charge in [-0.25, -0.2) is 4.85 Å². The molecule has 0 bridgehead atoms. The number of rotatable bonds is 0. The highest BCUT2D eigenvalue weighted by Gasteiger charge is 2.00. The summed E-state index contributed by atoms with van der Waals surface area (Å²) in [7, 11) is 0. The van der Waals surface area contributed by atoms with E-state index in [2.05, 4.69) is 55.5 Å². The molecule has 2 aromatic carbocycles. The van der Waals surface area contributed by atoms with Crippen molar-refractivity contribution in [1.82, 2.24) is 0 Å². The third kappa shape index (κ3) is 1.77. The molecule has 2 rings (SSSR count). The minimum atomic E-state index is 0.690. The Morgan fingerprint density at radius 2 is 1.93 bits per heavy atom. The van der Waals surface area contributed by atoms with Gasteiger partial charge in [-0.15, -0.1) is 0 Å². The molecular weight excluding hydrogens is 353 g/mol. The van der Waals surface area contributed by atoms with Gasteiger partial charge in [0, 0.05) is 8.04 Å². The summed E-state index contributed by atoms with van der Waals surface area (Å²) in [4.78, 5) is 3.41. The van der Waals surface area contributed by atoms with Crippen molar-refractivity contribution in [2.75, 3.05) is 0 Å². The van der Waals surface area contributed by atoms with E-state index in [1.54, 1.807) is 0 Å². The molecule has 0 saturated heterocycles. The van der Waals surface area contributed by atoms with Crippen LogP contribution < -0.4 is 0 Å². The fourth-order valence-electron chi connectivity index (χ4n) is 1.30. The lowest BCUT2D eigenvalue weighted by molar-refractivity contribution is 1.64. The van der Waals surface area contributed by atoms with E-state index >= 15 is 0 Å². The average molecular weight is 358 g/mol. The predicted octanol–water partition coefficient (Wildman–Crippen LogP) is 4.76. The van der Waals surface area contributed by atoms with Crippen molar-refractivity contribution in [3.8, 4) is 0 Å². The normalized spacial score (nSPS) is 10.1. The second-order valence-electron chi connectivity index (χ2n) is 2.91. The van der Waals surface area contributed by atoms with E-state index in [1.807, 2.05) is 18.2 Å². The van der Waals surface area contributed by atoms with Gasteiger partial charge >= 0.3 is 0 Å². The minimum Gasteiger partial charge on any atom is -0.238 e. The zero-order chi connectivity index (χ0) is 10.1. The van der Waals surface area contributed by atoms with Crippen molar-refractivity contribution < 1.29 is 0 Å². The molecule has 3 heteroatoms. The Bertz CT molecular complexity index is 543. The van der Waals surface area contributed by atoms with E-state index in [1.165, 1.54) is 0 Å². The number of fused-ring (bicyclic) bond motifs is 1. The molecule has 0 aliphatic rings. The van der Waals surface area contributed by atoms with Crippen LogP contribution in [0.5, 0.6) is 0 Å². The first-order valence-electron chi connectivity index (χ1n) is 3.97. The molecule has 0 aromatic heterocycles. The Morgan fingerprint density at radius 1 is 1.14 bits per heavy atom. The van der Waals surface area contributed by atoms with Gasteiger partial charge in [-0.3, -0.25) is 0 Å². The molecule has 0 N–H and O–H groups in total. The molecule has 68 valence electrons. The van der Waals surface area contributed by atoms with Gasteiger partial charge in [0.2, 0.25) is 0 Å². The monoisotopic (exact) mass is 357 g/mol. The summed E-state index contributed by atoms with van der Waals surface area (Å²) in [6.07, 6.45) is 0. The SMILES string of the molecule is [C-]#[N+]c1ccc2cc(Br)c(I)cc2c1. The van der Waals surface area contributed by atoms with E-state index in [0.29, 0.717) is 5.69 Å². The zero-order valence-corrected chi connectivity index (χ0v) is 10.8. The maximum absolute atomic E-state index is 6.93. The van der Waals surface area contributed by atoms with Crippen LogP contribution >= 0.6 is 38.5 Å². The van der Waals surface area contributed by atoms with Crippen molar-refractivity contribution in [3.05, 3.63) is 49.8 Å². The van der Waals surface area contributed by atoms with E-state index in [9.17, 15) is 0 Å². The highest BCUT2D eigenvalue weighted by Crippen LogP contribution is 2.28. The van der Waals surface area contributed by atoms with Crippen molar-refractivity contribution in [2.24, 2.45) is 0 Å². The van der Waals surface area contributed by atoms with Gasteiger partial charge in [0.15, 0.2) is 5.69 Å². The van der Waals surface area contributed by atoms with E-state index in [-0.39, 0.29) is 0 Å². The van der Waals surface area contributed by atoms with E-state index in [4.69, 9.17) is 6.57 Å². The lowest BCUT2D eigenvalue weighted by Gasteiger charge is -2.01. The third-order valence-electron chi connectivity index (χ3n) is 1.99. The summed E-state index contributed by atoms with van der Waals surface area (Å²) in [5.41, 5.74) is 0.690. The summed E-state index contributed by atoms with van der Waals surface area (Å²) in [5, 5.41) is 2.27. The molecule has 14 heavy (non-hydrogen) atoms. The van der Waals surface area contributed by atoms with Gasteiger partial charge in [-0.05, 0) is 67.5 Å². The Hall–Kier alpha value is -0.600. The molecule has 0 atom stereocenters. The van der Waals surface area contributed by atoms with Crippen molar-refractivity contribution >= 4 is 55.0 Å². The lowest BCUT2D eigenvalue weighted by atomic mass is 10.1. The number of hydrogen-bond acceptors (Lipinski definition) is 0. The minimum absolute atomic E-state index is 0.690. The maximum atomic E-state index is 6.93. The number of nitrogens with zero attached hydrogens (tertiary/aromatic N) is 1. The van der Waals surface area contributed by atoms with Crippen LogP contribution in [-0.4, -0.2) is 0 Å². The van der Waals surface area contributed by atoms with Crippen LogP contribution in [0.15, 0.2) is 34.8 Å². The van der Waals surface area contributed by atoms with Gasteiger partial charge in [0.05, 0.1) is 6.57 Å². The molecule has 0 aliphatic carbocycles. The van der Waals surface area contributed by atoms with Crippen molar-refractivity contribution in [2.45, 2.75) is 0 Å². The average Bonchev–Trinajstić information content (AvgIpc) is 2.19. The Kier molecular flexibility index (Phi) is 2.75. The highest BCUT2D eigenvalue weighted by atomic mass is 127.